The minimum atomic E-state index is -0.702. The predicted octanol–water partition coefficient (Wildman–Crippen LogP) is 1.61. The molecule has 0 spiro atoms. The Morgan fingerprint density at radius 1 is 1.60 bits per heavy atom. The molecule has 4 nitrogen and oxygen atoms in total. The largest absolute Gasteiger partial charge is 0.507 e. The van der Waals surface area contributed by atoms with E-state index in [4.69, 9.17) is 5.26 Å². The number of phenols is 1. The fourth-order valence-corrected chi connectivity index (χ4v) is 1.29. The van der Waals surface area contributed by atoms with Gasteiger partial charge in [-0.15, -0.1) is 0 Å². The van der Waals surface area contributed by atoms with Crippen molar-refractivity contribution in [1.29, 1.82) is 5.26 Å². The van der Waals surface area contributed by atoms with Crippen LogP contribution < -0.4 is 0 Å². The van der Waals surface area contributed by atoms with Crippen molar-refractivity contribution in [3.8, 4) is 11.8 Å². The molecule has 4 heteroatoms. The van der Waals surface area contributed by atoms with E-state index in [1.54, 1.807) is 6.07 Å². The number of hydrogen-bond donors (Lipinski definition) is 1. The van der Waals surface area contributed by atoms with E-state index in [0.29, 0.717) is 6.42 Å². The lowest BCUT2D eigenvalue weighted by Crippen LogP contribution is -2.05. The standard InChI is InChI=1S/C11H11NO3/c1-3-7-4-8(6-12)10(9(13)5-7)11(14)15-2/h4-5,13H,3H2,1-2H3. The smallest absolute Gasteiger partial charge is 0.343 e. The molecule has 15 heavy (non-hydrogen) atoms. The molecule has 1 rings (SSSR count). The quantitative estimate of drug-likeness (QED) is 0.744. The Hall–Kier alpha value is -2.02. The zero-order valence-electron chi connectivity index (χ0n) is 8.57. The van der Waals surface area contributed by atoms with E-state index in [-0.39, 0.29) is 16.9 Å². The predicted molar refractivity (Wildman–Crippen MR) is 53.5 cm³/mol. The number of methoxy groups -OCH3 is 1. The maximum atomic E-state index is 11.3. The van der Waals surface area contributed by atoms with Crippen LogP contribution in [0.4, 0.5) is 0 Å². The number of carbonyl (C=O) groups excluding carboxylic acids is 1. The van der Waals surface area contributed by atoms with Crippen LogP contribution in [-0.4, -0.2) is 18.2 Å². The first-order valence-electron chi connectivity index (χ1n) is 4.48. The van der Waals surface area contributed by atoms with Crippen LogP contribution in [0.5, 0.6) is 5.75 Å². The molecule has 0 amide bonds. The molecule has 1 aromatic rings. The molecule has 0 aliphatic carbocycles. The van der Waals surface area contributed by atoms with Gasteiger partial charge in [0, 0.05) is 0 Å². The molecule has 0 bridgehead atoms. The van der Waals surface area contributed by atoms with Gasteiger partial charge in [0.2, 0.25) is 0 Å². The molecule has 1 N–H and O–H groups in total. The van der Waals surface area contributed by atoms with Crippen molar-refractivity contribution in [2.45, 2.75) is 13.3 Å². The highest BCUT2D eigenvalue weighted by Crippen LogP contribution is 2.24. The van der Waals surface area contributed by atoms with E-state index in [0.717, 1.165) is 5.56 Å². The molecule has 0 aliphatic heterocycles. The molecule has 0 atom stereocenters. The van der Waals surface area contributed by atoms with Crippen LogP contribution >= 0.6 is 0 Å². The number of carbonyl (C=O) groups is 1. The maximum absolute atomic E-state index is 11.3. The summed E-state index contributed by atoms with van der Waals surface area (Å²) in [5.74, 6) is -0.913. The Balaban J connectivity index is 3.39. The van der Waals surface area contributed by atoms with Crippen molar-refractivity contribution in [2.75, 3.05) is 7.11 Å². The molecule has 0 aromatic heterocycles. The van der Waals surface area contributed by atoms with Crippen molar-refractivity contribution < 1.29 is 14.6 Å². The van der Waals surface area contributed by atoms with Gasteiger partial charge < -0.3 is 9.84 Å². The normalized spacial score (nSPS) is 9.40. The van der Waals surface area contributed by atoms with E-state index < -0.39 is 5.97 Å². The van der Waals surface area contributed by atoms with Crippen molar-refractivity contribution in [3.05, 3.63) is 28.8 Å². The average molecular weight is 205 g/mol. The molecule has 0 saturated carbocycles. The second-order valence-electron chi connectivity index (χ2n) is 2.99. The Morgan fingerprint density at radius 2 is 2.27 bits per heavy atom. The Bertz CT molecular complexity index is 432. The van der Waals surface area contributed by atoms with Crippen LogP contribution in [0.25, 0.3) is 0 Å². The van der Waals surface area contributed by atoms with Crippen LogP contribution in [0.2, 0.25) is 0 Å². The second-order valence-corrected chi connectivity index (χ2v) is 2.99. The van der Waals surface area contributed by atoms with Crippen molar-refractivity contribution in [1.82, 2.24) is 0 Å². The lowest BCUT2D eigenvalue weighted by molar-refractivity contribution is 0.0597. The Morgan fingerprint density at radius 3 is 2.73 bits per heavy atom. The number of phenolic OH excluding ortho intramolecular Hbond substituents is 1. The molecule has 0 heterocycles. The SMILES string of the molecule is CCc1cc(O)c(C(=O)OC)c(C#N)c1. The van der Waals surface area contributed by atoms with E-state index in [1.807, 2.05) is 13.0 Å². The summed E-state index contributed by atoms with van der Waals surface area (Å²) in [5, 5.41) is 18.4. The minimum Gasteiger partial charge on any atom is -0.507 e. The third-order valence-corrected chi connectivity index (χ3v) is 2.10. The van der Waals surface area contributed by atoms with Gasteiger partial charge in [-0.05, 0) is 24.1 Å². The molecule has 0 saturated heterocycles. The molecular formula is C11H11NO3. The number of nitriles is 1. The number of rotatable bonds is 2. The van der Waals surface area contributed by atoms with Gasteiger partial charge in [-0.1, -0.05) is 6.92 Å². The highest BCUT2D eigenvalue weighted by atomic mass is 16.5. The van der Waals surface area contributed by atoms with Gasteiger partial charge >= 0.3 is 5.97 Å². The summed E-state index contributed by atoms with van der Waals surface area (Å²) in [7, 11) is 1.21. The zero-order chi connectivity index (χ0) is 11.4. The summed E-state index contributed by atoms with van der Waals surface area (Å²) in [4.78, 5) is 11.3. The molecule has 1 aromatic carbocycles. The molecule has 0 radical (unpaired) electrons. The van der Waals surface area contributed by atoms with Gasteiger partial charge in [-0.25, -0.2) is 4.79 Å². The van der Waals surface area contributed by atoms with E-state index >= 15 is 0 Å². The first-order valence-corrected chi connectivity index (χ1v) is 4.48. The third-order valence-electron chi connectivity index (χ3n) is 2.10. The fourth-order valence-electron chi connectivity index (χ4n) is 1.29. The average Bonchev–Trinajstić information content (AvgIpc) is 2.26. The number of aryl methyl sites for hydroxylation is 1. The van der Waals surface area contributed by atoms with E-state index in [1.165, 1.54) is 13.2 Å². The Labute approximate surface area is 87.7 Å². The number of ether oxygens (including phenoxy) is 1. The monoisotopic (exact) mass is 205 g/mol. The number of hydrogen-bond acceptors (Lipinski definition) is 4. The van der Waals surface area contributed by atoms with Gasteiger partial charge in [0.15, 0.2) is 0 Å². The van der Waals surface area contributed by atoms with Gasteiger partial charge in [0.1, 0.15) is 17.4 Å². The van der Waals surface area contributed by atoms with Crippen molar-refractivity contribution in [2.24, 2.45) is 0 Å². The second kappa shape index (κ2) is 4.47. The minimum absolute atomic E-state index is 0.0720. The van der Waals surface area contributed by atoms with Gasteiger partial charge in [0.25, 0.3) is 0 Å². The topological polar surface area (TPSA) is 70.3 Å². The van der Waals surface area contributed by atoms with Crippen LogP contribution in [0, 0.1) is 11.3 Å². The highest BCUT2D eigenvalue weighted by molar-refractivity contribution is 5.95. The van der Waals surface area contributed by atoms with Gasteiger partial charge in [-0.2, -0.15) is 5.26 Å². The lowest BCUT2D eigenvalue weighted by atomic mass is 10.0. The van der Waals surface area contributed by atoms with Gasteiger partial charge in [-0.3, -0.25) is 0 Å². The molecule has 0 aliphatic rings. The molecule has 78 valence electrons. The van der Waals surface area contributed by atoms with Crippen LogP contribution in [0.3, 0.4) is 0 Å². The van der Waals surface area contributed by atoms with E-state index in [9.17, 15) is 9.90 Å². The van der Waals surface area contributed by atoms with Crippen LogP contribution in [0.1, 0.15) is 28.4 Å². The molecule has 0 fully saturated rings. The number of esters is 1. The third kappa shape index (κ3) is 2.08. The summed E-state index contributed by atoms with van der Waals surface area (Å²) >= 11 is 0. The summed E-state index contributed by atoms with van der Waals surface area (Å²) in [6, 6.07) is 4.91. The summed E-state index contributed by atoms with van der Waals surface area (Å²) in [6.07, 6.45) is 0.684. The first-order chi connectivity index (χ1) is 7.13. The number of aromatic hydroxyl groups is 1. The maximum Gasteiger partial charge on any atom is 0.343 e. The van der Waals surface area contributed by atoms with Gasteiger partial charge in [0.05, 0.1) is 12.7 Å². The van der Waals surface area contributed by atoms with Crippen LogP contribution in [0.15, 0.2) is 12.1 Å². The number of benzene rings is 1. The summed E-state index contributed by atoms with van der Waals surface area (Å²) in [5.41, 5.74) is 0.868. The van der Waals surface area contributed by atoms with Crippen LogP contribution in [-0.2, 0) is 11.2 Å². The summed E-state index contributed by atoms with van der Waals surface area (Å²) < 4.78 is 4.48. The fraction of sp³-hybridized carbons (Fsp3) is 0.273. The highest BCUT2D eigenvalue weighted by Gasteiger charge is 2.17. The Kier molecular flexibility index (Phi) is 3.29. The first kappa shape index (κ1) is 11.1. The molecular weight excluding hydrogens is 194 g/mol. The lowest BCUT2D eigenvalue weighted by Gasteiger charge is -2.06. The van der Waals surface area contributed by atoms with Crippen molar-refractivity contribution >= 4 is 5.97 Å². The zero-order valence-corrected chi connectivity index (χ0v) is 8.57. The molecule has 0 unspecified atom stereocenters. The number of nitrogens with zero attached hydrogens (tertiary/aromatic N) is 1. The van der Waals surface area contributed by atoms with E-state index in [2.05, 4.69) is 4.74 Å². The van der Waals surface area contributed by atoms with Crippen molar-refractivity contribution in [3.63, 3.8) is 0 Å². The summed E-state index contributed by atoms with van der Waals surface area (Å²) in [6.45, 7) is 1.90.